The molecule has 0 saturated heterocycles. The molecule has 0 aliphatic carbocycles. The summed E-state index contributed by atoms with van der Waals surface area (Å²) < 4.78 is 30.5. The molecule has 0 aliphatic rings. The lowest BCUT2D eigenvalue weighted by Gasteiger charge is -2.36. The first-order chi connectivity index (χ1) is 13.1. The molecule has 0 aromatic heterocycles. The van der Waals surface area contributed by atoms with E-state index in [1.807, 2.05) is 60.7 Å². The average Bonchev–Trinajstić information content (AvgIpc) is 2.72. The number of para-hydroxylation sites is 1. The van der Waals surface area contributed by atoms with Crippen LogP contribution in [0.1, 0.15) is 16.7 Å². The first-order valence-electron chi connectivity index (χ1n) is 8.46. The summed E-state index contributed by atoms with van der Waals surface area (Å²) in [6, 6.07) is 23.6. The molecular formula is C21H20BFO4. The van der Waals surface area contributed by atoms with Crippen LogP contribution in [0, 0.1) is 0 Å². The van der Waals surface area contributed by atoms with Crippen LogP contribution in [0.2, 0.25) is 0 Å². The lowest BCUT2D eigenvalue weighted by molar-refractivity contribution is 0.0972. The van der Waals surface area contributed by atoms with Crippen molar-refractivity contribution < 1.29 is 23.5 Å². The van der Waals surface area contributed by atoms with Crippen molar-refractivity contribution in [2.75, 3.05) is 14.2 Å². The molecule has 6 heteroatoms. The van der Waals surface area contributed by atoms with Crippen molar-refractivity contribution in [2.24, 2.45) is 0 Å². The van der Waals surface area contributed by atoms with Crippen LogP contribution in [0.3, 0.4) is 0 Å². The van der Waals surface area contributed by atoms with Gasteiger partial charge in [-0.1, -0.05) is 72.8 Å². The van der Waals surface area contributed by atoms with E-state index < -0.39 is 13.0 Å². The van der Waals surface area contributed by atoms with E-state index in [1.54, 1.807) is 18.2 Å². The van der Waals surface area contributed by atoms with Crippen LogP contribution in [0.5, 0.6) is 11.5 Å². The van der Waals surface area contributed by atoms with E-state index >= 15 is 0 Å². The minimum atomic E-state index is -2.51. The minimum absolute atomic E-state index is 0.397. The van der Waals surface area contributed by atoms with Crippen molar-refractivity contribution >= 4 is 7.40 Å². The summed E-state index contributed by atoms with van der Waals surface area (Å²) in [5.74, 6) is 0.872. The smallest absolute Gasteiger partial charge is 0.493 e. The highest BCUT2D eigenvalue weighted by Crippen LogP contribution is 2.47. The maximum atomic E-state index is 13.9. The van der Waals surface area contributed by atoms with Crippen molar-refractivity contribution in [3.63, 3.8) is 0 Å². The van der Waals surface area contributed by atoms with Crippen molar-refractivity contribution in [1.82, 2.24) is 0 Å². The normalized spacial score (nSPS) is 11.1. The first kappa shape index (κ1) is 19.0. The lowest BCUT2D eigenvalue weighted by Crippen LogP contribution is -2.38. The Hall–Kier alpha value is -2.83. The molecule has 1 N–H and O–H groups in total. The van der Waals surface area contributed by atoms with E-state index in [2.05, 4.69) is 0 Å². The second-order valence-electron chi connectivity index (χ2n) is 5.86. The number of methoxy groups -OCH3 is 2. The number of ether oxygens (including phenoxy) is 2. The molecule has 0 fully saturated rings. The lowest BCUT2D eigenvalue weighted by atomic mass is 9.78. The molecule has 0 aliphatic heterocycles. The molecule has 0 radical (unpaired) electrons. The highest BCUT2D eigenvalue weighted by atomic mass is 19.1. The molecule has 27 heavy (non-hydrogen) atoms. The largest absolute Gasteiger partial charge is 0.678 e. The van der Waals surface area contributed by atoms with Gasteiger partial charge < -0.3 is 19.2 Å². The van der Waals surface area contributed by atoms with E-state index in [0.717, 1.165) is 0 Å². The van der Waals surface area contributed by atoms with Crippen LogP contribution in [0.4, 0.5) is 4.32 Å². The Labute approximate surface area is 158 Å². The third kappa shape index (κ3) is 3.54. The molecule has 3 aromatic rings. The second kappa shape index (κ2) is 8.25. The van der Waals surface area contributed by atoms with Crippen LogP contribution >= 0.6 is 0 Å². The predicted molar refractivity (Wildman–Crippen MR) is 102 cm³/mol. The molecule has 0 saturated carbocycles. The van der Waals surface area contributed by atoms with Gasteiger partial charge in [-0.3, -0.25) is 4.32 Å². The zero-order valence-electron chi connectivity index (χ0n) is 15.1. The SMILES string of the molecule is COc1cccc(C(OB(O)F)(c2ccccc2)c2ccccc2)c1OC. The van der Waals surface area contributed by atoms with E-state index in [0.29, 0.717) is 28.2 Å². The molecule has 3 aromatic carbocycles. The zero-order valence-corrected chi connectivity index (χ0v) is 15.1. The Morgan fingerprint density at radius 2 is 1.33 bits per heavy atom. The highest BCUT2D eigenvalue weighted by Gasteiger charge is 2.44. The van der Waals surface area contributed by atoms with Crippen molar-refractivity contribution in [3.05, 3.63) is 95.6 Å². The molecule has 0 unspecified atom stereocenters. The van der Waals surface area contributed by atoms with Gasteiger partial charge in [0.1, 0.15) is 5.60 Å². The predicted octanol–water partition coefficient (Wildman–Crippen LogP) is 3.96. The van der Waals surface area contributed by atoms with Crippen LogP contribution in [0.15, 0.2) is 78.9 Å². The van der Waals surface area contributed by atoms with Gasteiger partial charge in [0.25, 0.3) is 0 Å². The van der Waals surface area contributed by atoms with Crippen molar-refractivity contribution in [3.8, 4) is 11.5 Å². The Morgan fingerprint density at radius 3 is 1.78 bits per heavy atom. The zero-order chi connectivity index (χ0) is 19.3. The van der Waals surface area contributed by atoms with Gasteiger partial charge in [0.05, 0.1) is 14.2 Å². The first-order valence-corrected chi connectivity index (χ1v) is 8.46. The van der Waals surface area contributed by atoms with Gasteiger partial charge in [-0.15, -0.1) is 0 Å². The fraction of sp³-hybridized carbons (Fsp3) is 0.143. The van der Waals surface area contributed by atoms with Crippen molar-refractivity contribution in [2.45, 2.75) is 5.60 Å². The molecule has 0 atom stereocenters. The third-order valence-electron chi connectivity index (χ3n) is 4.42. The molecule has 138 valence electrons. The van der Waals surface area contributed by atoms with Crippen molar-refractivity contribution in [1.29, 1.82) is 0 Å². The molecular weight excluding hydrogens is 346 g/mol. The standard InChI is InChI=1S/C21H20BFO4/c1-25-19-15-9-14-18(20(19)26-2)21(27-22(23)24,16-10-5-3-6-11-16)17-12-7-4-8-13-17/h3-15,24H,1-2H3. The molecule has 0 heterocycles. The summed E-state index contributed by atoms with van der Waals surface area (Å²) in [4.78, 5) is 0. The average molecular weight is 366 g/mol. The summed E-state index contributed by atoms with van der Waals surface area (Å²) in [5.41, 5.74) is 0.341. The summed E-state index contributed by atoms with van der Waals surface area (Å²) >= 11 is 0. The molecule has 4 nitrogen and oxygen atoms in total. The van der Waals surface area contributed by atoms with E-state index in [4.69, 9.17) is 14.1 Å². The maximum Gasteiger partial charge on any atom is 0.678 e. The fourth-order valence-corrected chi connectivity index (χ4v) is 3.33. The molecule has 0 spiro atoms. The van der Waals surface area contributed by atoms with E-state index in [-0.39, 0.29) is 0 Å². The monoisotopic (exact) mass is 366 g/mol. The van der Waals surface area contributed by atoms with Gasteiger partial charge >= 0.3 is 7.40 Å². The Kier molecular flexibility index (Phi) is 5.79. The number of halogens is 1. The summed E-state index contributed by atoms with van der Waals surface area (Å²) in [5, 5.41) is 9.60. The summed E-state index contributed by atoms with van der Waals surface area (Å²) in [6.45, 7) is 0. The van der Waals surface area contributed by atoms with Crippen LogP contribution in [0.25, 0.3) is 0 Å². The Bertz CT molecular complexity index is 832. The Morgan fingerprint density at radius 1 is 0.778 bits per heavy atom. The third-order valence-corrected chi connectivity index (χ3v) is 4.42. The van der Waals surface area contributed by atoms with Gasteiger partial charge in [0.2, 0.25) is 0 Å². The second-order valence-corrected chi connectivity index (χ2v) is 5.86. The van der Waals surface area contributed by atoms with Gasteiger partial charge in [-0.05, 0) is 17.2 Å². The summed E-state index contributed by atoms with van der Waals surface area (Å²) in [6.07, 6.45) is 0. The van der Waals surface area contributed by atoms with Crippen LogP contribution in [-0.2, 0) is 10.3 Å². The highest BCUT2D eigenvalue weighted by molar-refractivity contribution is 6.33. The number of benzene rings is 3. The topological polar surface area (TPSA) is 47.9 Å². The number of hydrogen-bond donors (Lipinski definition) is 1. The fourth-order valence-electron chi connectivity index (χ4n) is 3.33. The van der Waals surface area contributed by atoms with Gasteiger partial charge in [-0.2, -0.15) is 0 Å². The quantitative estimate of drug-likeness (QED) is 0.508. The van der Waals surface area contributed by atoms with E-state index in [1.165, 1.54) is 14.2 Å². The minimum Gasteiger partial charge on any atom is -0.493 e. The van der Waals surface area contributed by atoms with E-state index in [9.17, 15) is 9.34 Å². The van der Waals surface area contributed by atoms with Gasteiger partial charge in [-0.25, -0.2) is 0 Å². The van der Waals surface area contributed by atoms with Crippen LogP contribution < -0.4 is 9.47 Å². The Balaban J connectivity index is 2.41. The maximum absolute atomic E-state index is 13.9. The molecule has 0 bridgehead atoms. The summed E-state index contributed by atoms with van der Waals surface area (Å²) in [7, 11) is 0.522. The number of hydrogen-bond acceptors (Lipinski definition) is 4. The van der Waals surface area contributed by atoms with Gasteiger partial charge in [0, 0.05) is 5.56 Å². The molecule has 3 rings (SSSR count). The number of rotatable bonds is 7. The molecule has 0 amide bonds. The van der Waals surface area contributed by atoms with Gasteiger partial charge in [0.15, 0.2) is 11.5 Å². The van der Waals surface area contributed by atoms with Crippen LogP contribution in [-0.4, -0.2) is 26.6 Å².